The molecule has 0 aromatic carbocycles. The number of nitrogens with zero attached hydrogens (tertiary/aromatic N) is 4. The molecule has 18 heavy (non-hydrogen) atoms. The minimum absolute atomic E-state index is 0.510. The van der Waals surface area contributed by atoms with Crippen LogP contribution in [0.15, 0.2) is 24.7 Å². The molecule has 1 aliphatic rings. The molecule has 4 nitrogen and oxygen atoms in total. The lowest BCUT2D eigenvalue weighted by atomic mass is 10.0. The van der Waals surface area contributed by atoms with E-state index in [1.807, 2.05) is 18.5 Å². The van der Waals surface area contributed by atoms with Crippen LogP contribution in [0.5, 0.6) is 0 Å². The first-order valence-electron chi connectivity index (χ1n) is 6.25. The second-order valence-corrected chi connectivity index (χ2v) is 4.60. The quantitative estimate of drug-likeness (QED) is 0.804. The van der Waals surface area contributed by atoms with Gasteiger partial charge in [-0.15, -0.1) is 0 Å². The number of fused-ring (bicyclic) bond motifs is 1. The zero-order valence-corrected chi connectivity index (χ0v) is 10.1. The van der Waals surface area contributed by atoms with Crippen molar-refractivity contribution in [2.24, 2.45) is 0 Å². The molecule has 0 atom stereocenters. The minimum Gasteiger partial charge on any atom is -0.330 e. The lowest BCUT2D eigenvalue weighted by Crippen LogP contribution is -2.10. The number of imidazole rings is 1. The van der Waals surface area contributed by atoms with E-state index < -0.39 is 0 Å². The molecule has 1 aliphatic carbocycles. The van der Waals surface area contributed by atoms with Gasteiger partial charge in [0.1, 0.15) is 11.8 Å². The van der Waals surface area contributed by atoms with Crippen molar-refractivity contribution in [1.29, 1.82) is 5.26 Å². The summed E-state index contributed by atoms with van der Waals surface area (Å²) in [6, 6.07) is 5.98. The van der Waals surface area contributed by atoms with Gasteiger partial charge in [0.25, 0.3) is 0 Å². The average molecular weight is 238 g/mol. The summed E-state index contributed by atoms with van der Waals surface area (Å²) in [5, 5.41) is 9.05. The van der Waals surface area contributed by atoms with E-state index in [4.69, 9.17) is 5.26 Å². The third kappa shape index (κ3) is 1.88. The molecule has 0 bridgehead atoms. The summed E-state index contributed by atoms with van der Waals surface area (Å²) in [5.74, 6) is 0. The van der Waals surface area contributed by atoms with Gasteiger partial charge in [-0.1, -0.05) is 6.07 Å². The van der Waals surface area contributed by atoms with Crippen LogP contribution in [0.3, 0.4) is 0 Å². The average Bonchev–Trinajstić information content (AvgIpc) is 2.83. The fourth-order valence-electron chi connectivity index (χ4n) is 2.52. The molecule has 0 spiro atoms. The molecular weight excluding hydrogens is 224 g/mol. The highest BCUT2D eigenvalue weighted by molar-refractivity contribution is 5.31. The standard InChI is InChI=1S/C14H14N4/c15-8-13-11(4-3-7-16-13)9-18-10-17-12-5-1-2-6-14(12)18/h3-4,7,10H,1-2,5-6,9H2. The normalized spacial score (nSPS) is 13.9. The maximum Gasteiger partial charge on any atom is 0.145 e. The van der Waals surface area contributed by atoms with E-state index in [-0.39, 0.29) is 0 Å². The highest BCUT2D eigenvalue weighted by atomic mass is 15.1. The van der Waals surface area contributed by atoms with Gasteiger partial charge < -0.3 is 4.57 Å². The third-order valence-corrected chi connectivity index (χ3v) is 3.45. The smallest absolute Gasteiger partial charge is 0.145 e. The number of rotatable bonds is 2. The molecular formula is C14H14N4. The van der Waals surface area contributed by atoms with Crippen LogP contribution in [0.25, 0.3) is 0 Å². The Labute approximate surface area is 106 Å². The van der Waals surface area contributed by atoms with Crippen LogP contribution in [0, 0.1) is 11.3 Å². The third-order valence-electron chi connectivity index (χ3n) is 3.45. The molecule has 0 saturated carbocycles. The van der Waals surface area contributed by atoms with Crippen molar-refractivity contribution >= 4 is 0 Å². The van der Waals surface area contributed by atoms with Crippen LogP contribution in [0.2, 0.25) is 0 Å². The van der Waals surface area contributed by atoms with Crippen LogP contribution in [0.1, 0.15) is 35.5 Å². The molecule has 2 aromatic heterocycles. The van der Waals surface area contributed by atoms with E-state index in [9.17, 15) is 0 Å². The maximum atomic E-state index is 9.05. The Morgan fingerprint density at radius 3 is 3.06 bits per heavy atom. The number of hydrogen-bond donors (Lipinski definition) is 0. The molecule has 0 aliphatic heterocycles. The fourth-order valence-corrected chi connectivity index (χ4v) is 2.52. The summed E-state index contributed by atoms with van der Waals surface area (Å²) in [6.45, 7) is 0.694. The highest BCUT2D eigenvalue weighted by Gasteiger charge is 2.15. The van der Waals surface area contributed by atoms with Gasteiger partial charge in [-0.25, -0.2) is 9.97 Å². The molecule has 4 heteroatoms. The summed E-state index contributed by atoms with van der Waals surface area (Å²) in [4.78, 5) is 8.56. The van der Waals surface area contributed by atoms with Crippen LogP contribution < -0.4 is 0 Å². The lowest BCUT2D eigenvalue weighted by molar-refractivity contribution is 0.628. The Bertz CT molecular complexity index is 606. The predicted octanol–water partition coefficient (Wildman–Crippen LogP) is 2.08. The zero-order valence-electron chi connectivity index (χ0n) is 10.1. The number of aryl methyl sites for hydroxylation is 1. The lowest BCUT2D eigenvalue weighted by Gasteiger charge is -2.14. The van der Waals surface area contributed by atoms with Gasteiger partial charge in [0.05, 0.1) is 18.6 Å². The van der Waals surface area contributed by atoms with Crippen molar-refractivity contribution in [3.8, 4) is 6.07 Å². The molecule has 3 rings (SSSR count). The van der Waals surface area contributed by atoms with Crippen LogP contribution in [-0.4, -0.2) is 14.5 Å². The van der Waals surface area contributed by atoms with Crippen LogP contribution >= 0.6 is 0 Å². The summed E-state index contributed by atoms with van der Waals surface area (Å²) in [5.41, 5.74) is 4.03. The van der Waals surface area contributed by atoms with Crippen molar-refractivity contribution in [2.75, 3.05) is 0 Å². The van der Waals surface area contributed by atoms with Gasteiger partial charge in [0.15, 0.2) is 0 Å². The van der Waals surface area contributed by atoms with Gasteiger partial charge in [-0.05, 0) is 31.7 Å². The van der Waals surface area contributed by atoms with Crippen LogP contribution in [0.4, 0.5) is 0 Å². The summed E-state index contributed by atoms with van der Waals surface area (Å²) >= 11 is 0. The largest absolute Gasteiger partial charge is 0.330 e. The molecule has 2 aromatic rings. The van der Waals surface area contributed by atoms with E-state index in [1.54, 1.807) is 6.20 Å². The van der Waals surface area contributed by atoms with Crippen molar-refractivity contribution in [3.63, 3.8) is 0 Å². The Morgan fingerprint density at radius 2 is 2.17 bits per heavy atom. The summed E-state index contributed by atoms with van der Waals surface area (Å²) in [7, 11) is 0. The first kappa shape index (κ1) is 11.0. The molecule has 0 fully saturated rings. The topological polar surface area (TPSA) is 54.5 Å². The molecule has 0 N–H and O–H groups in total. The molecule has 0 saturated heterocycles. The number of pyridine rings is 1. The zero-order chi connectivity index (χ0) is 12.4. The maximum absolute atomic E-state index is 9.05. The molecule has 0 radical (unpaired) electrons. The molecule has 90 valence electrons. The highest BCUT2D eigenvalue weighted by Crippen LogP contribution is 2.21. The summed E-state index contributed by atoms with van der Waals surface area (Å²) in [6.07, 6.45) is 8.20. The second kappa shape index (κ2) is 4.61. The van der Waals surface area contributed by atoms with E-state index in [0.717, 1.165) is 18.4 Å². The van der Waals surface area contributed by atoms with E-state index in [0.29, 0.717) is 12.2 Å². The second-order valence-electron chi connectivity index (χ2n) is 4.60. The minimum atomic E-state index is 0.510. The van der Waals surface area contributed by atoms with Gasteiger partial charge in [-0.3, -0.25) is 0 Å². The van der Waals surface area contributed by atoms with Gasteiger partial charge in [-0.2, -0.15) is 5.26 Å². The Morgan fingerprint density at radius 1 is 1.28 bits per heavy atom. The molecule has 2 heterocycles. The van der Waals surface area contributed by atoms with E-state index in [2.05, 4.69) is 20.6 Å². The van der Waals surface area contributed by atoms with Crippen LogP contribution in [-0.2, 0) is 19.4 Å². The van der Waals surface area contributed by atoms with Gasteiger partial charge in [0.2, 0.25) is 0 Å². The van der Waals surface area contributed by atoms with E-state index in [1.165, 1.54) is 24.2 Å². The predicted molar refractivity (Wildman–Crippen MR) is 66.9 cm³/mol. The number of nitriles is 1. The summed E-state index contributed by atoms with van der Waals surface area (Å²) < 4.78 is 2.16. The number of hydrogen-bond acceptors (Lipinski definition) is 3. The first-order chi connectivity index (χ1) is 8.88. The Hall–Kier alpha value is -2.15. The Kier molecular flexibility index (Phi) is 2.81. The monoisotopic (exact) mass is 238 g/mol. The molecule has 0 unspecified atom stereocenters. The van der Waals surface area contributed by atoms with Crippen molar-refractivity contribution < 1.29 is 0 Å². The Balaban J connectivity index is 1.93. The first-order valence-corrected chi connectivity index (χ1v) is 6.25. The fraction of sp³-hybridized carbons (Fsp3) is 0.357. The van der Waals surface area contributed by atoms with E-state index >= 15 is 0 Å². The van der Waals surface area contributed by atoms with Crippen molar-refractivity contribution in [3.05, 3.63) is 47.3 Å². The SMILES string of the molecule is N#Cc1ncccc1Cn1cnc2c1CCCC2. The van der Waals surface area contributed by atoms with Crippen molar-refractivity contribution in [1.82, 2.24) is 14.5 Å². The van der Waals surface area contributed by atoms with Gasteiger partial charge >= 0.3 is 0 Å². The van der Waals surface area contributed by atoms with Gasteiger partial charge in [0, 0.05) is 17.5 Å². The number of aromatic nitrogens is 3. The van der Waals surface area contributed by atoms with Crippen molar-refractivity contribution in [2.45, 2.75) is 32.2 Å². The molecule has 0 amide bonds.